The van der Waals surface area contributed by atoms with E-state index < -0.39 is 0 Å². The molecule has 2 saturated carbocycles. The largest absolute Gasteiger partial charge is 0.342 e. The molecular formula is C12H24N4. The van der Waals surface area contributed by atoms with Gasteiger partial charge in [-0.05, 0) is 31.6 Å². The Hall–Kier alpha value is -0.770. The van der Waals surface area contributed by atoms with Crippen molar-refractivity contribution < 1.29 is 0 Å². The fraction of sp³-hybridized carbons (Fsp3) is 0.917. The van der Waals surface area contributed by atoms with Gasteiger partial charge in [0.2, 0.25) is 5.96 Å². The van der Waals surface area contributed by atoms with Gasteiger partial charge in [0.05, 0.1) is 6.04 Å². The predicted molar refractivity (Wildman–Crippen MR) is 67.0 cm³/mol. The van der Waals surface area contributed by atoms with E-state index in [9.17, 15) is 0 Å². The molecule has 3 N–H and O–H groups in total. The van der Waals surface area contributed by atoms with Gasteiger partial charge in [0.15, 0.2) is 0 Å². The van der Waals surface area contributed by atoms with Gasteiger partial charge in [0.25, 0.3) is 0 Å². The number of guanidine groups is 1. The first kappa shape index (κ1) is 11.7. The molecule has 4 heteroatoms. The van der Waals surface area contributed by atoms with Crippen LogP contribution in [0.15, 0.2) is 4.99 Å². The standard InChI is InChI=1S/C12H24N4/c1-9-4-3-5-11(8-9)16(2)12(15-13)14-10-6-7-10/h9-11H,3-8,13H2,1-2H3,(H,14,15). The molecule has 0 amide bonds. The molecule has 92 valence electrons. The van der Waals surface area contributed by atoms with Gasteiger partial charge in [0, 0.05) is 13.1 Å². The topological polar surface area (TPSA) is 53.6 Å². The number of nitrogens with zero attached hydrogens (tertiary/aromatic N) is 2. The fourth-order valence-electron chi connectivity index (χ4n) is 2.53. The van der Waals surface area contributed by atoms with E-state index in [1.165, 1.54) is 38.5 Å². The van der Waals surface area contributed by atoms with Crippen molar-refractivity contribution in [3.8, 4) is 0 Å². The number of aliphatic imine (C=N–C) groups is 1. The summed E-state index contributed by atoms with van der Waals surface area (Å²) in [5.74, 6) is 7.28. The molecule has 0 heterocycles. The molecule has 2 rings (SSSR count). The summed E-state index contributed by atoms with van der Waals surface area (Å²) in [6.07, 6.45) is 7.68. The van der Waals surface area contributed by atoms with Crippen LogP contribution in [0.5, 0.6) is 0 Å². The van der Waals surface area contributed by atoms with Crippen LogP contribution in [-0.2, 0) is 0 Å². The van der Waals surface area contributed by atoms with E-state index in [0.717, 1.165) is 11.9 Å². The van der Waals surface area contributed by atoms with Crippen molar-refractivity contribution >= 4 is 5.96 Å². The van der Waals surface area contributed by atoms with Gasteiger partial charge in [-0.2, -0.15) is 0 Å². The van der Waals surface area contributed by atoms with E-state index in [2.05, 4.69) is 29.3 Å². The third-order valence-corrected chi connectivity index (χ3v) is 3.77. The summed E-state index contributed by atoms with van der Waals surface area (Å²) in [6.45, 7) is 2.34. The summed E-state index contributed by atoms with van der Waals surface area (Å²) in [4.78, 5) is 6.86. The molecule has 0 bridgehead atoms. The molecule has 0 aromatic rings. The Balaban J connectivity index is 1.95. The van der Waals surface area contributed by atoms with Crippen LogP contribution in [0.25, 0.3) is 0 Å². The zero-order valence-corrected chi connectivity index (χ0v) is 10.4. The average molecular weight is 224 g/mol. The maximum atomic E-state index is 5.57. The van der Waals surface area contributed by atoms with Gasteiger partial charge < -0.3 is 4.90 Å². The first-order valence-electron chi connectivity index (χ1n) is 6.48. The number of hydrazine groups is 1. The third-order valence-electron chi connectivity index (χ3n) is 3.77. The highest BCUT2D eigenvalue weighted by atomic mass is 15.4. The Morgan fingerprint density at radius 3 is 2.62 bits per heavy atom. The highest BCUT2D eigenvalue weighted by Gasteiger charge is 2.26. The van der Waals surface area contributed by atoms with Gasteiger partial charge in [0.1, 0.15) is 0 Å². The highest BCUT2D eigenvalue weighted by Crippen LogP contribution is 2.28. The van der Waals surface area contributed by atoms with E-state index >= 15 is 0 Å². The summed E-state index contributed by atoms with van der Waals surface area (Å²) in [7, 11) is 2.11. The molecule has 2 fully saturated rings. The Labute approximate surface area is 98.3 Å². The Bertz CT molecular complexity index is 260. The fourth-order valence-corrected chi connectivity index (χ4v) is 2.53. The zero-order chi connectivity index (χ0) is 11.5. The van der Waals surface area contributed by atoms with Crippen molar-refractivity contribution in [1.29, 1.82) is 0 Å². The zero-order valence-electron chi connectivity index (χ0n) is 10.4. The summed E-state index contributed by atoms with van der Waals surface area (Å²) in [6, 6.07) is 1.13. The number of nitrogens with two attached hydrogens (primary N) is 1. The van der Waals surface area contributed by atoms with Crippen LogP contribution in [0.2, 0.25) is 0 Å². The molecule has 2 aliphatic carbocycles. The lowest BCUT2D eigenvalue weighted by molar-refractivity contribution is 0.227. The second-order valence-corrected chi connectivity index (χ2v) is 5.36. The molecule has 0 saturated heterocycles. The molecule has 4 nitrogen and oxygen atoms in total. The number of rotatable bonds is 2. The van der Waals surface area contributed by atoms with Gasteiger partial charge >= 0.3 is 0 Å². The molecule has 2 atom stereocenters. The molecule has 0 radical (unpaired) electrons. The lowest BCUT2D eigenvalue weighted by Crippen LogP contribution is -2.49. The van der Waals surface area contributed by atoms with Gasteiger partial charge in [-0.15, -0.1) is 0 Å². The minimum Gasteiger partial charge on any atom is -0.342 e. The SMILES string of the molecule is CC1CCCC(N(C)C(=NC2CC2)NN)C1. The third kappa shape index (κ3) is 2.88. The van der Waals surface area contributed by atoms with E-state index in [0.29, 0.717) is 12.1 Å². The van der Waals surface area contributed by atoms with Gasteiger partial charge in [-0.1, -0.05) is 19.8 Å². The van der Waals surface area contributed by atoms with Crippen molar-refractivity contribution in [2.24, 2.45) is 16.8 Å². The molecule has 2 unspecified atom stereocenters. The molecule has 0 spiro atoms. The van der Waals surface area contributed by atoms with E-state index in [1.807, 2.05) is 0 Å². The smallest absolute Gasteiger partial charge is 0.208 e. The first-order valence-corrected chi connectivity index (χ1v) is 6.48. The summed E-state index contributed by atoms with van der Waals surface area (Å²) in [5.41, 5.74) is 2.76. The minimum absolute atomic E-state index is 0.523. The minimum atomic E-state index is 0.523. The number of nitrogens with one attached hydrogen (secondary N) is 1. The molecule has 2 aliphatic rings. The van der Waals surface area contributed by atoms with Crippen molar-refractivity contribution in [2.45, 2.75) is 57.5 Å². The van der Waals surface area contributed by atoms with Crippen LogP contribution >= 0.6 is 0 Å². The number of hydrogen-bond donors (Lipinski definition) is 2. The van der Waals surface area contributed by atoms with Crippen molar-refractivity contribution in [1.82, 2.24) is 10.3 Å². The Kier molecular flexibility index (Phi) is 3.69. The highest BCUT2D eigenvalue weighted by molar-refractivity contribution is 5.79. The molecule has 16 heavy (non-hydrogen) atoms. The van der Waals surface area contributed by atoms with Gasteiger partial charge in [-0.3, -0.25) is 5.43 Å². The Morgan fingerprint density at radius 2 is 2.06 bits per heavy atom. The Morgan fingerprint density at radius 1 is 1.31 bits per heavy atom. The van der Waals surface area contributed by atoms with Crippen LogP contribution in [-0.4, -0.2) is 30.0 Å². The van der Waals surface area contributed by atoms with E-state index in [1.54, 1.807) is 0 Å². The quantitative estimate of drug-likeness (QED) is 0.323. The maximum absolute atomic E-state index is 5.57. The van der Waals surface area contributed by atoms with Crippen molar-refractivity contribution in [3.63, 3.8) is 0 Å². The van der Waals surface area contributed by atoms with Crippen LogP contribution in [0, 0.1) is 5.92 Å². The average Bonchev–Trinajstić information content (AvgIpc) is 3.09. The first-order chi connectivity index (χ1) is 7.70. The van der Waals surface area contributed by atoms with Crippen LogP contribution in [0.1, 0.15) is 45.4 Å². The molecule has 0 aliphatic heterocycles. The summed E-state index contributed by atoms with van der Waals surface area (Å²) < 4.78 is 0. The van der Waals surface area contributed by atoms with Crippen LogP contribution in [0.3, 0.4) is 0 Å². The summed E-state index contributed by atoms with van der Waals surface area (Å²) in [5, 5.41) is 0. The maximum Gasteiger partial charge on any atom is 0.208 e. The van der Waals surface area contributed by atoms with Crippen LogP contribution < -0.4 is 11.3 Å². The molecule has 0 aromatic carbocycles. The molecule has 0 aromatic heterocycles. The second-order valence-electron chi connectivity index (χ2n) is 5.36. The second kappa shape index (κ2) is 5.04. The van der Waals surface area contributed by atoms with E-state index in [4.69, 9.17) is 5.84 Å². The van der Waals surface area contributed by atoms with Crippen molar-refractivity contribution in [3.05, 3.63) is 0 Å². The van der Waals surface area contributed by atoms with E-state index in [-0.39, 0.29) is 0 Å². The van der Waals surface area contributed by atoms with Gasteiger partial charge in [-0.25, -0.2) is 10.8 Å². The normalized spacial score (nSPS) is 31.3. The molecular weight excluding hydrogens is 200 g/mol. The summed E-state index contributed by atoms with van der Waals surface area (Å²) >= 11 is 0. The van der Waals surface area contributed by atoms with Crippen LogP contribution in [0.4, 0.5) is 0 Å². The monoisotopic (exact) mass is 224 g/mol. The van der Waals surface area contributed by atoms with Crippen molar-refractivity contribution in [2.75, 3.05) is 7.05 Å². The lowest BCUT2D eigenvalue weighted by Gasteiger charge is -2.35. The number of hydrogen-bond acceptors (Lipinski definition) is 2. The lowest BCUT2D eigenvalue weighted by atomic mass is 9.86. The predicted octanol–water partition coefficient (Wildman–Crippen LogP) is 1.48.